The molecule has 0 saturated carbocycles. The van der Waals surface area contributed by atoms with E-state index in [4.69, 9.17) is 11.6 Å². The monoisotopic (exact) mass is 398 g/mol. The third-order valence-corrected chi connectivity index (χ3v) is 6.89. The van der Waals surface area contributed by atoms with Crippen molar-refractivity contribution >= 4 is 27.3 Å². The Balaban J connectivity index is 1.86. The van der Waals surface area contributed by atoms with Crippen molar-refractivity contribution in [3.8, 4) is 0 Å². The van der Waals surface area contributed by atoms with Crippen LogP contribution in [-0.2, 0) is 16.6 Å². The highest BCUT2D eigenvalue weighted by atomic mass is 35.5. The number of para-hydroxylation sites is 1. The number of aryl methyl sites for hydroxylation is 1. The Morgan fingerprint density at radius 3 is 2.52 bits per heavy atom. The van der Waals surface area contributed by atoms with Crippen LogP contribution in [0.5, 0.6) is 0 Å². The Bertz CT molecular complexity index is 1100. The Morgan fingerprint density at radius 2 is 1.74 bits per heavy atom. The van der Waals surface area contributed by atoms with Crippen molar-refractivity contribution in [3.63, 3.8) is 0 Å². The maximum absolute atomic E-state index is 13.4. The normalized spacial score (nSPS) is 18.5. The Kier molecular flexibility index (Phi) is 4.68. The van der Waals surface area contributed by atoms with Crippen LogP contribution in [-0.4, -0.2) is 12.7 Å². The van der Waals surface area contributed by atoms with E-state index < -0.39 is 16.2 Å². The molecule has 138 valence electrons. The van der Waals surface area contributed by atoms with Crippen molar-refractivity contribution < 1.29 is 8.42 Å². The van der Waals surface area contributed by atoms with Gasteiger partial charge in [0.15, 0.2) is 0 Å². The van der Waals surface area contributed by atoms with Crippen LogP contribution in [0, 0.1) is 6.92 Å². The van der Waals surface area contributed by atoms with Gasteiger partial charge in [0.25, 0.3) is 0 Å². The van der Waals surface area contributed by atoms with Crippen LogP contribution in [0.15, 0.2) is 77.7 Å². The van der Waals surface area contributed by atoms with Gasteiger partial charge in [0.05, 0.1) is 5.69 Å². The molecule has 27 heavy (non-hydrogen) atoms. The first-order chi connectivity index (χ1) is 13.0. The molecule has 0 bridgehead atoms. The molecule has 0 saturated heterocycles. The van der Waals surface area contributed by atoms with Crippen LogP contribution < -0.4 is 5.32 Å². The molecule has 0 aromatic heterocycles. The zero-order valence-electron chi connectivity index (χ0n) is 14.8. The number of halogens is 1. The number of hydrogen-bond donors (Lipinski definition) is 1. The maximum atomic E-state index is 13.4. The van der Waals surface area contributed by atoms with Gasteiger partial charge in [-0.05, 0) is 30.7 Å². The Morgan fingerprint density at radius 1 is 1.00 bits per heavy atom. The summed E-state index contributed by atoms with van der Waals surface area (Å²) in [4.78, 5) is 0.279. The van der Waals surface area contributed by atoms with Gasteiger partial charge in [-0.1, -0.05) is 71.8 Å². The molecular weight excluding hydrogens is 380 g/mol. The van der Waals surface area contributed by atoms with E-state index in [1.807, 2.05) is 55.5 Å². The number of nitrogens with one attached hydrogen (secondary N) is 1. The van der Waals surface area contributed by atoms with E-state index in [1.54, 1.807) is 24.3 Å². The van der Waals surface area contributed by atoms with E-state index >= 15 is 0 Å². The summed E-state index contributed by atoms with van der Waals surface area (Å²) in [5.41, 5.74) is 3.33. The average molecular weight is 399 g/mol. The molecule has 0 spiro atoms. The van der Waals surface area contributed by atoms with Crippen LogP contribution >= 0.6 is 11.6 Å². The van der Waals surface area contributed by atoms with Crippen molar-refractivity contribution in [2.45, 2.75) is 24.5 Å². The standard InChI is InChI=1S/C21H19ClN2O2S/c1-15-7-6-8-16(13-15)14-24-21(17-9-2-3-10-18(17)22)23-19-11-4-5-12-20(19)27(24,25)26/h2-13,21,23H,14H2,1H3/t21-/m1/s1. The van der Waals surface area contributed by atoms with Crippen molar-refractivity contribution in [2.75, 3.05) is 5.32 Å². The predicted octanol–water partition coefficient (Wildman–Crippen LogP) is 4.96. The number of nitrogens with zero attached hydrogens (tertiary/aromatic N) is 1. The second-order valence-corrected chi connectivity index (χ2v) is 8.87. The first-order valence-electron chi connectivity index (χ1n) is 8.64. The zero-order chi connectivity index (χ0) is 19.0. The van der Waals surface area contributed by atoms with Crippen LogP contribution in [0.4, 0.5) is 5.69 Å². The summed E-state index contributed by atoms with van der Waals surface area (Å²) in [7, 11) is -3.70. The lowest BCUT2D eigenvalue weighted by atomic mass is 10.1. The first kappa shape index (κ1) is 18.0. The topological polar surface area (TPSA) is 49.4 Å². The van der Waals surface area contributed by atoms with Gasteiger partial charge in [-0.3, -0.25) is 0 Å². The lowest BCUT2D eigenvalue weighted by molar-refractivity contribution is 0.336. The summed E-state index contributed by atoms with van der Waals surface area (Å²) in [6.07, 6.45) is -0.584. The van der Waals surface area contributed by atoms with Gasteiger partial charge in [0, 0.05) is 17.1 Å². The minimum Gasteiger partial charge on any atom is -0.364 e. The molecular formula is C21H19ClN2O2S. The van der Waals surface area contributed by atoms with Crippen molar-refractivity contribution in [1.29, 1.82) is 0 Å². The average Bonchev–Trinajstić information content (AvgIpc) is 2.65. The minimum atomic E-state index is -3.70. The van der Waals surface area contributed by atoms with Gasteiger partial charge in [0.2, 0.25) is 10.0 Å². The highest BCUT2D eigenvalue weighted by Gasteiger charge is 2.39. The molecule has 4 rings (SSSR count). The number of benzene rings is 3. The van der Waals surface area contributed by atoms with Gasteiger partial charge < -0.3 is 5.32 Å². The van der Waals surface area contributed by atoms with Crippen molar-refractivity contribution in [2.24, 2.45) is 0 Å². The second-order valence-electron chi connectivity index (χ2n) is 6.60. The molecule has 1 heterocycles. The quantitative estimate of drug-likeness (QED) is 0.678. The molecule has 3 aromatic carbocycles. The van der Waals surface area contributed by atoms with Crippen LogP contribution in [0.3, 0.4) is 0 Å². The van der Waals surface area contributed by atoms with Crippen LogP contribution in [0.25, 0.3) is 0 Å². The third-order valence-electron chi connectivity index (χ3n) is 4.67. The number of anilines is 1. The minimum absolute atomic E-state index is 0.251. The predicted molar refractivity (Wildman–Crippen MR) is 108 cm³/mol. The first-order valence-corrected chi connectivity index (χ1v) is 10.5. The Hall–Kier alpha value is -2.34. The number of rotatable bonds is 3. The van der Waals surface area contributed by atoms with Crippen LogP contribution in [0.1, 0.15) is 22.9 Å². The fraction of sp³-hybridized carbons (Fsp3) is 0.143. The third kappa shape index (κ3) is 3.34. The molecule has 1 aliphatic rings. The maximum Gasteiger partial charge on any atom is 0.247 e. The summed E-state index contributed by atoms with van der Waals surface area (Å²) in [6.45, 7) is 2.24. The second kappa shape index (κ2) is 7.00. The van der Waals surface area contributed by atoms with E-state index in [-0.39, 0.29) is 11.4 Å². The highest BCUT2D eigenvalue weighted by Crippen LogP contribution is 2.40. The van der Waals surface area contributed by atoms with Crippen molar-refractivity contribution in [1.82, 2.24) is 4.31 Å². The number of hydrogen-bond acceptors (Lipinski definition) is 3. The largest absolute Gasteiger partial charge is 0.364 e. The molecule has 1 atom stereocenters. The van der Waals surface area contributed by atoms with E-state index in [2.05, 4.69) is 5.32 Å². The summed E-state index contributed by atoms with van der Waals surface area (Å²) in [6, 6.07) is 22.2. The molecule has 6 heteroatoms. The van der Waals surface area contributed by atoms with E-state index in [0.717, 1.165) is 16.7 Å². The molecule has 0 unspecified atom stereocenters. The Labute approximate surface area is 164 Å². The number of sulfonamides is 1. The fourth-order valence-electron chi connectivity index (χ4n) is 3.39. The summed E-state index contributed by atoms with van der Waals surface area (Å²) < 4.78 is 28.3. The molecule has 3 aromatic rings. The van der Waals surface area contributed by atoms with Gasteiger partial charge in [-0.15, -0.1) is 0 Å². The molecule has 1 N–H and O–H groups in total. The lowest BCUT2D eigenvalue weighted by Gasteiger charge is -2.37. The fourth-order valence-corrected chi connectivity index (χ4v) is 5.30. The SMILES string of the molecule is Cc1cccc(CN2[C@H](c3ccccc3Cl)Nc3ccccc3S2(=O)=O)c1. The van der Waals surface area contributed by atoms with Gasteiger partial charge in [0.1, 0.15) is 11.1 Å². The van der Waals surface area contributed by atoms with Gasteiger partial charge in [-0.2, -0.15) is 4.31 Å². The molecule has 1 aliphatic heterocycles. The summed E-state index contributed by atoms with van der Waals surface area (Å²) >= 11 is 6.41. The van der Waals surface area contributed by atoms with Crippen LogP contribution in [0.2, 0.25) is 5.02 Å². The molecule has 0 amide bonds. The molecule has 0 aliphatic carbocycles. The number of fused-ring (bicyclic) bond motifs is 1. The summed E-state index contributed by atoms with van der Waals surface area (Å²) in [5, 5.41) is 3.88. The van der Waals surface area contributed by atoms with E-state index in [9.17, 15) is 8.42 Å². The lowest BCUT2D eigenvalue weighted by Crippen LogP contribution is -2.42. The van der Waals surface area contributed by atoms with Crippen molar-refractivity contribution in [3.05, 3.63) is 94.5 Å². The molecule has 4 nitrogen and oxygen atoms in total. The van der Waals surface area contributed by atoms with E-state index in [0.29, 0.717) is 10.7 Å². The van der Waals surface area contributed by atoms with Gasteiger partial charge in [-0.25, -0.2) is 8.42 Å². The smallest absolute Gasteiger partial charge is 0.247 e. The van der Waals surface area contributed by atoms with Gasteiger partial charge >= 0.3 is 0 Å². The van der Waals surface area contributed by atoms with E-state index in [1.165, 1.54) is 4.31 Å². The molecule has 0 fully saturated rings. The zero-order valence-corrected chi connectivity index (χ0v) is 16.3. The highest BCUT2D eigenvalue weighted by molar-refractivity contribution is 7.89. The summed E-state index contributed by atoms with van der Waals surface area (Å²) in [5.74, 6) is 0. The molecule has 0 radical (unpaired) electrons.